The largest absolute Gasteiger partial charge is 0.451 e. The van der Waals surface area contributed by atoms with E-state index in [9.17, 15) is 4.39 Å². The van der Waals surface area contributed by atoms with Crippen molar-refractivity contribution < 1.29 is 13.2 Å². The zero-order chi connectivity index (χ0) is 19.1. The van der Waals surface area contributed by atoms with Crippen LogP contribution in [0.1, 0.15) is 18.1 Å². The van der Waals surface area contributed by atoms with E-state index in [1.54, 1.807) is 12.1 Å². The van der Waals surface area contributed by atoms with Crippen molar-refractivity contribution in [2.24, 2.45) is 0 Å². The number of furan rings is 1. The molecule has 1 atom stereocenters. The van der Waals surface area contributed by atoms with Gasteiger partial charge in [0.05, 0.1) is 5.25 Å². The van der Waals surface area contributed by atoms with Crippen molar-refractivity contribution in [3.8, 4) is 11.5 Å². The van der Waals surface area contributed by atoms with Crippen LogP contribution in [-0.2, 0) is 0 Å². The number of benzene rings is 2. The Morgan fingerprint density at radius 3 is 2.64 bits per heavy atom. The number of para-hydroxylation sites is 1. The topological polar surface area (TPSA) is 77.8 Å². The second-order valence-electron chi connectivity index (χ2n) is 6.17. The maximum Gasteiger partial charge on any atom is 0.247 e. The smallest absolute Gasteiger partial charge is 0.247 e. The molecular weight excluding hydrogens is 379 g/mol. The molecule has 8 heteroatoms. The molecule has 0 amide bonds. The first-order valence-corrected chi connectivity index (χ1v) is 9.45. The van der Waals surface area contributed by atoms with E-state index in [2.05, 4.69) is 20.2 Å². The molecule has 0 saturated heterocycles. The Kier molecular flexibility index (Phi) is 4.05. The minimum absolute atomic E-state index is 0.159. The molecule has 0 bridgehead atoms. The lowest BCUT2D eigenvalue weighted by molar-refractivity contribution is 0.509. The number of nitrogens with zero attached hydrogens (tertiary/aromatic N) is 4. The van der Waals surface area contributed by atoms with E-state index >= 15 is 0 Å². The van der Waals surface area contributed by atoms with E-state index in [1.165, 1.54) is 30.2 Å². The molecule has 3 aromatic heterocycles. The Labute approximate surface area is 162 Å². The normalized spacial score (nSPS) is 12.6. The van der Waals surface area contributed by atoms with Gasteiger partial charge < -0.3 is 8.83 Å². The summed E-state index contributed by atoms with van der Waals surface area (Å²) in [5, 5.41) is 9.69. The fraction of sp³-hybridized carbons (Fsp3) is 0.100. The van der Waals surface area contributed by atoms with Gasteiger partial charge in [-0.15, -0.1) is 10.2 Å². The van der Waals surface area contributed by atoms with E-state index in [0.29, 0.717) is 28.0 Å². The molecule has 0 aliphatic heterocycles. The predicted molar refractivity (Wildman–Crippen MR) is 103 cm³/mol. The van der Waals surface area contributed by atoms with Crippen molar-refractivity contribution in [3.63, 3.8) is 0 Å². The fourth-order valence-corrected chi connectivity index (χ4v) is 3.80. The van der Waals surface area contributed by atoms with Crippen LogP contribution in [0.2, 0.25) is 0 Å². The Hall–Kier alpha value is -3.26. The van der Waals surface area contributed by atoms with Gasteiger partial charge in [-0.05, 0) is 43.3 Å². The van der Waals surface area contributed by atoms with Gasteiger partial charge in [-0.1, -0.05) is 23.9 Å². The summed E-state index contributed by atoms with van der Waals surface area (Å²) in [6.45, 7) is 1.95. The van der Waals surface area contributed by atoms with Crippen LogP contribution in [0.4, 0.5) is 4.39 Å². The first kappa shape index (κ1) is 16.9. The third-order valence-corrected chi connectivity index (χ3v) is 5.36. The van der Waals surface area contributed by atoms with E-state index in [4.69, 9.17) is 8.83 Å². The van der Waals surface area contributed by atoms with Crippen LogP contribution >= 0.6 is 11.8 Å². The van der Waals surface area contributed by atoms with Crippen molar-refractivity contribution in [1.29, 1.82) is 0 Å². The van der Waals surface area contributed by atoms with Crippen molar-refractivity contribution >= 4 is 33.8 Å². The Morgan fingerprint density at radius 1 is 0.964 bits per heavy atom. The fourth-order valence-electron chi connectivity index (χ4n) is 2.91. The lowest BCUT2D eigenvalue weighted by Crippen LogP contribution is -1.91. The second-order valence-corrected chi connectivity index (χ2v) is 7.50. The zero-order valence-electron chi connectivity index (χ0n) is 14.7. The van der Waals surface area contributed by atoms with Crippen LogP contribution in [-0.4, -0.2) is 20.2 Å². The minimum Gasteiger partial charge on any atom is -0.451 e. The highest BCUT2D eigenvalue weighted by Gasteiger charge is 2.20. The average molecular weight is 392 g/mol. The molecule has 138 valence electrons. The van der Waals surface area contributed by atoms with Gasteiger partial charge in [-0.2, -0.15) is 0 Å². The van der Waals surface area contributed by atoms with Crippen LogP contribution < -0.4 is 0 Å². The average Bonchev–Trinajstić information content (AvgIpc) is 3.34. The summed E-state index contributed by atoms with van der Waals surface area (Å²) in [4.78, 5) is 8.73. The van der Waals surface area contributed by atoms with Gasteiger partial charge in [-0.25, -0.2) is 14.4 Å². The molecule has 0 N–H and O–H groups in total. The molecule has 0 saturated carbocycles. The third kappa shape index (κ3) is 2.91. The molecule has 0 radical (unpaired) electrons. The van der Waals surface area contributed by atoms with Gasteiger partial charge in [0.1, 0.15) is 28.3 Å². The number of hydrogen-bond donors (Lipinski definition) is 0. The molecule has 5 aromatic rings. The van der Waals surface area contributed by atoms with Gasteiger partial charge in [0.25, 0.3) is 0 Å². The number of rotatable bonds is 4. The summed E-state index contributed by atoms with van der Waals surface area (Å²) in [7, 11) is 0. The monoisotopic (exact) mass is 392 g/mol. The maximum absolute atomic E-state index is 13.1. The molecule has 3 heterocycles. The van der Waals surface area contributed by atoms with Crippen LogP contribution in [0, 0.1) is 5.82 Å². The highest BCUT2D eigenvalue weighted by Crippen LogP contribution is 2.39. The molecule has 2 aromatic carbocycles. The molecule has 0 aliphatic carbocycles. The first-order chi connectivity index (χ1) is 13.7. The SMILES string of the molecule is C[C@H](Sc1ncnc2c1oc1ccccc12)c1nnc(-c2ccc(F)cc2)o1. The molecule has 5 rings (SSSR count). The van der Waals surface area contributed by atoms with Gasteiger partial charge in [-0.3, -0.25) is 0 Å². The summed E-state index contributed by atoms with van der Waals surface area (Å²) in [6, 6.07) is 13.7. The molecule has 0 aliphatic rings. The number of aromatic nitrogens is 4. The van der Waals surface area contributed by atoms with E-state index < -0.39 is 0 Å². The minimum atomic E-state index is -0.314. The lowest BCUT2D eigenvalue weighted by Gasteiger charge is -2.05. The Morgan fingerprint density at radius 2 is 1.79 bits per heavy atom. The predicted octanol–water partition coefficient (Wildman–Crippen LogP) is 5.42. The molecule has 0 unspecified atom stereocenters. The van der Waals surface area contributed by atoms with Crippen molar-refractivity contribution in [1.82, 2.24) is 20.2 Å². The number of halogens is 1. The second kappa shape index (κ2) is 6.72. The summed E-state index contributed by atoms with van der Waals surface area (Å²) in [5.74, 6) is 0.484. The van der Waals surface area contributed by atoms with E-state index in [-0.39, 0.29) is 11.1 Å². The zero-order valence-corrected chi connectivity index (χ0v) is 15.5. The maximum atomic E-state index is 13.1. The van der Waals surface area contributed by atoms with Crippen LogP contribution in [0.15, 0.2) is 68.7 Å². The van der Waals surface area contributed by atoms with Crippen LogP contribution in [0.3, 0.4) is 0 Å². The molecule has 28 heavy (non-hydrogen) atoms. The van der Waals surface area contributed by atoms with Gasteiger partial charge in [0.15, 0.2) is 5.58 Å². The summed E-state index contributed by atoms with van der Waals surface area (Å²) in [5.41, 5.74) is 2.85. The molecular formula is C20H13FN4O2S. The number of thioether (sulfide) groups is 1. The van der Waals surface area contributed by atoms with Gasteiger partial charge in [0, 0.05) is 10.9 Å². The van der Waals surface area contributed by atoms with Gasteiger partial charge in [0.2, 0.25) is 11.8 Å². The van der Waals surface area contributed by atoms with E-state index in [1.807, 2.05) is 31.2 Å². The van der Waals surface area contributed by atoms with Crippen molar-refractivity contribution in [3.05, 3.63) is 66.6 Å². The molecule has 0 fully saturated rings. The highest BCUT2D eigenvalue weighted by molar-refractivity contribution is 7.99. The third-order valence-electron chi connectivity index (χ3n) is 4.29. The van der Waals surface area contributed by atoms with Crippen molar-refractivity contribution in [2.45, 2.75) is 17.2 Å². The summed E-state index contributed by atoms with van der Waals surface area (Å²) >= 11 is 1.45. The summed E-state index contributed by atoms with van der Waals surface area (Å²) < 4.78 is 24.8. The Bertz CT molecular complexity index is 1280. The first-order valence-electron chi connectivity index (χ1n) is 8.57. The Balaban J connectivity index is 1.46. The van der Waals surface area contributed by atoms with Crippen LogP contribution in [0.25, 0.3) is 33.5 Å². The lowest BCUT2D eigenvalue weighted by atomic mass is 10.2. The van der Waals surface area contributed by atoms with E-state index in [0.717, 1.165) is 16.5 Å². The quantitative estimate of drug-likeness (QED) is 0.298. The molecule has 6 nitrogen and oxygen atoms in total. The molecule has 0 spiro atoms. The van der Waals surface area contributed by atoms with Crippen LogP contribution in [0.5, 0.6) is 0 Å². The number of fused-ring (bicyclic) bond motifs is 3. The van der Waals surface area contributed by atoms with Gasteiger partial charge >= 0.3 is 0 Å². The standard InChI is InChI=1S/C20H13FN4O2S/c1-11(18-24-25-19(27-18)12-6-8-13(21)9-7-12)28-20-17-16(22-10-23-20)14-4-2-3-5-15(14)26-17/h2-11H,1H3/t11-/m0/s1. The summed E-state index contributed by atoms with van der Waals surface area (Å²) in [6.07, 6.45) is 1.52. The number of hydrogen-bond acceptors (Lipinski definition) is 7. The van der Waals surface area contributed by atoms with Crippen molar-refractivity contribution in [2.75, 3.05) is 0 Å². The highest BCUT2D eigenvalue weighted by atomic mass is 32.2.